The summed E-state index contributed by atoms with van der Waals surface area (Å²) in [7, 11) is 1.77. The summed E-state index contributed by atoms with van der Waals surface area (Å²) in [6, 6.07) is 10.1. The molecule has 6 nitrogen and oxygen atoms in total. The van der Waals surface area contributed by atoms with Gasteiger partial charge >= 0.3 is 0 Å². The van der Waals surface area contributed by atoms with Crippen LogP contribution in [0.15, 0.2) is 53.4 Å². The highest BCUT2D eigenvalue weighted by atomic mass is 16.5. The van der Waals surface area contributed by atoms with Gasteiger partial charge in [-0.05, 0) is 25.1 Å². The molecule has 1 N–H and O–H groups in total. The summed E-state index contributed by atoms with van der Waals surface area (Å²) in [6.07, 6.45) is 6.59. The molecule has 3 heterocycles. The Kier molecular flexibility index (Phi) is 4.15. The van der Waals surface area contributed by atoms with E-state index in [1.54, 1.807) is 19.6 Å². The number of nitrogens with zero attached hydrogens (tertiary/aromatic N) is 3. The number of aromatic nitrogens is 3. The summed E-state index contributed by atoms with van der Waals surface area (Å²) in [5.41, 5.74) is 1.69. The van der Waals surface area contributed by atoms with Crippen LogP contribution in [0.1, 0.15) is 12.5 Å². The Morgan fingerprint density at radius 3 is 3.00 bits per heavy atom. The van der Waals surface area contributed by atoms with Crippen molar-refractivity contribution in [3.8, 4) is 23.0 Å². The van der Waals surface area contributed by atoms with E-state index < -0.39 is 0 Å². The fraction of sp³-hybridized carbons (Fsp3) is 0.333. The molecule has 2 aromatic heterocycles. The van der Waals surface area contributed by atoms with Gasteiger partial charge in [-0.3, -0.25) is 0 Å². The quantitative estimate of drug-likeness (QED) is 0.799. The van der Waals surface area contributed by atoms with Crippen LogP contribution < -0.4 is 5.32 Å². The maximum absolute atomic E-state index is 5.66. The molecule has 3 aromatic rings. The minimum absolute atomic E-state index is 0.166. The number of hydrogen-bond acceptors (Lipinski definition) is 5. The van der Waals surface area contributed by atoms with Gasteiger partial charge in [0.15, 0.2) is 5.82 Å². The SMILES string of the molecule is CO[C@H]1CCNC[C@H]1n1ccnc1-c1coc(-c2ccccc2)n1. The highest BCUT2D eigenvalue weighted by Crippen LogP contribution is 2.28. The van der Waals surface area contributed by atoms with Crippen molar-refractivity contribution in [3.63, 3.8) is 0 Å². The smallest absolute Gasteiger partial charge is 0.226 e. The Morgan fingerprint density at radius 2 is 2.17 bits per heavy atom. The van der Waals surface area contributed by atoms with Crippen LogP contribution in [0.2, 0.25) is 0 Å². The molecule has 0 radical (unpaired) electrons. The molecule has 0 saturated carbocycles. The van der Waals surface area contributed by atoms with Crippen LogP contribution in [-0.2, 0) is 4.74 Å². The summed E-state index contributed by atoms with van der Waals surface area (Å²) >= 11 is 0. The van der Waals surface area contributed by atoms with E-state index in [1.807, 2.05) is 36.5 Å². The molecule has 0 amide bonds. The second-order valence-corrected chi connectivity index (χ2v) is 5.90. The predicted molar refractivity (Wildman–Crippen MR) is 90.5 cm³/mol. The average molecular weight is 324 g/mol. The fourth-order valence-corrected chi connectivity index (χ4v) is 3.24. The second kappa shape index (κ2) is 6.59. The summed E-state index contributed by atoms with van der Waals surface area (Å²) < 4.78 is 13.5. The van der Waals surface area contributed by atoms with Crippen molar-refractivity contribution in [2.45, 2.75) is 18.6 Å². The van der Waals surface area contributed by atoms with Gasteiger partial charge in [0.25, 0.3) is 0 Å². The number of ether oxygens (including phenoxy) is 1. The van der Waals surface area contributed by atoms with Gasteiger partial charge in [-0.1, -0.05) is 18.2 Å². The monoisotopic (exact) mass is 324 g/mol. The first-order valence-electron chi connectivity index (χ1n) is 8.14. The number of benzene rings is 1. The van der Waals surface area contributed by atoms with E-state index >= 15 is 0 Å². The maximum atomic E-state index is 5.66. The molecule has 6 heteroatoms. The molecular weight excluding hydrogens is 304 g/mol. The Labute approximate surface area is 140 Å². The zero-order valence-corrected chi connectivity index (χ0v) is 13.6. The van der Waals surface area contributed by atoms with Gasteiger partial charge in [0.1, 0.15) is 12.0 Å². The second-order valence-electron chi connectivity index (χ2n) is 5.90. The normalized spacial score (nSPS) is 21.0. The molecule has 124 valence electrons. The third kappa shape index (κ3) is 2.74. The van der Waals surface area contributed by atoms with Crippen LogP contribution in [0.3, 0.4) is 0 Å². The van der Waals surface area contributed by atoms with Crippen LogP contribution in [0.25, 0.3) is 23.0 Å². The third-order valence-corrected chi connectivity index (χ3v) is 4.47. The van der Waals surface area contributed by atoms with Crippen LogP contribution in [0.5, 0.6) is 0 Å². The molecule has 0 aliphatic carbocycles. The molecule has 1 aliphatic rings. The van der Waals surface area contributed by atoms with E-state index in [0.717, 1.165) is 36.6 Å². The topological polar surface area (TPSA) is 65.1 Å². The van der Waals surface area contributed by atoms with E-state index in [2.05, 4.69) is 19.9 Å². The summed E-state index contributed by atoms with van der Waals surface area (Å²) in [5.74, 6) is 1.40. The van der Waals surface area contributed by atoms with Crippen molar-refractivity contribution in [1.82, 2.24) is 19.9 Å². The average Bonchev–Trinajstić information content (AvgIpc) is 3.31. The minimum Gasteiger partial charge on any atom is -0.444 e. The summed E-state index contributed by atoms with van der Waals surface area (Å²) in [4.78, 5) is 9.11. The maximum Gasteiger partial charge on any atom is 0.226 e. The number of nitrogens with one attached hydrogen (secondary N) is 1. The van der Waals surface area contributed by atoms with E-state index in [0.29, 0.717) is 5.89 Å². The van der Waals surface area contributed by atoms with E-state index in [4.69, 9.17) is 9.15 Å². The van der Waals surface area contributed by atoms with Crippen molar-refractivity contribution < 1.29 is 9.15 Å². The van der Waals surface area contributed by atoms with Crippen molar-refractivity contribution in [1.29, 1.82) is 0 Å². The Bertz CT molecular complexity index is 796. The zero-order valence-electron chi connectivity index (χ0n) is 13.6. The molecule has 1 fully saturated rings. The first kappa shape index (κ1) is 15.1. The van der Waals surface area contributed by atoms with Gasteiger partial charge in [0.2, 0.25) is 5.89 Å². The highest BCUT2D eigenvalue weighted by Gasteiger charge is 2.28. The number of oxazole rings is 1. The molecule has 0 spiro atoms. The number of rotatable bonds is 4. The molecule has 2 atom stereocenters. The summed E-state index contributed by atoms with van der Waals surface area (Å²) in [6.45, 7) is 1.83. The lowest BCUT2D eigenvalue weighted by Crippen LogP contribution is -2.42. The zero-order chi connectivity index (χ0) is 16.4. The minimum atomic E-state index is 0.166. The van der Waals surface area contributed by atoms with E-state index in [-0.39, 0.29) is 12.1 Å². The number of hydrogen-bond donors (Lipinski definition) is 1. The van der Waals surface area contributed by atoms with E-state index in [1.165, 1.54) is 0 Å². The first-order valence-corrected chi connectivity index (χ1v) is 8.14. The first-order chi connectivity index (χ1) is 11.9. The fourth-order valence-electron chi connectivity index (χ4n) is 3.24. The molecule has 24 heavy (non-hydrogen) atoms. The van der Waals surface area contributed by atoms with Crippen molar-refractivity contribution >= 4 is 0 Å². The summed E-state index contributed by atoms with van der Waals surface area (Å²) in [5, 5.41) is 3.42. The van der Waals surface area contributed by atoms with Gasteiger partial charge in [-0.2, -0.15) is 0 Å². The van der Waals surface area contributed by atoms with Gasteiger partial charge in [-0.25, -0.2) is 9.97 Å². The Morgan fingerprint density at radius 1 is 1.29 bits per heavy atom. The van der Waals surface area contributed by atoms with E-state index in [9.17, 15) is 0 Å². The van der Waals surface area contributed by atoms with Crippen molar-refractivity contribution in [2.24, 2.45) is 0 Å². The number of imidazole rings is 1. The largest absolute Gasteiger partial charge is 0.444 e. The third-order valence-electron chi connectivity index (χ3n) is 4.47. The van der Waals surface area contributed by atoms with Crippen LogP contribution >= 0.6 is 0 Å². The van der Waals surface area contributed by atoms with Crippen molar-refractivity contribution in [2.75, 3.05) is 20.2 Å². The molecule has 0 bridgehead atoms. The standard InChI is InChI=1S/C18H20N4O2/c1-23-16-7-8-19-11-15(16)22-10-9-20-17(22)14-12-24-18(21-14)13-5-3-2-4-6-13/h2-6,9-10,12,15-16,19H,7-8,11H2,1H3/t15-,16+/m1/s1. The predicted octanol–water partition coefficient (Wildman–Crippen LogP) is 2.75. The van der Waals surface area contributed by atoms with Crippen LogP contribution in [0, 0.1) is 0 Å². The molecular formula is C18H20N4O2. The highest BCUT2D eigenvalue weighted by molar-refractivity contribution is 5.58. The number of piperidine rings is 1. The van der Waals surface area contributed by atoms with Crippen molar-refractivity contribution in [3.05, 3.63) is 49.0 Å². The molecule has 1 saturated heterocycles. The van der Waals surface area contributed by atoms with Crippen LogP contribution in [-0.4, -0.2) is 40.8 Å². The molecule has 4 rings (SSSR count). The lowest BCUT2D eigenvalue weighted by Gasteiger charge is -2.32. The Hall–Kier alpha value is -2.44. The van der Waals surface area contributed by atoms with Gasteiger partial charge in [-0.15, -0.1) is 0 Å². The Balaban J connectivity index is 1.67. The lowest BCUT2D eigenvalue weighted by atomic mass is 10.0. The number of methoxy groups -OCH3 is 1. The van der Waals surface area contributed by atoms with Gasteiger partial charge in [0, 0.05) is 31.6 Å². The molecule has 0 unspecified atom stereocenters. The van der Waals surface area contributed by atoms with Crippen LogP contribution in [0.4, 0.5) is 0 Å². The molecule has 1 aromatic carbocycles. The lowest BCUT2D eigenvalue weighted by molar-refractivity contribution is 0.0365. The van der Waals surface area contributed by atoms with Gasteiger partial charge in [0.05, 0.1) is 12.1 Å². The molecule has 1 aliphatic heterocycles. The van der Waals surface area contributed by atoms with Gasteiger partial charge < -0.3 is 19.0 Å².